The third-order valence-electron chi connectivity index (χ3n) is 4.62. The maximum atomic E-state index is 13.0. The first-order valence-corrected chi connectivity index (χ1v) is 11.5. The van der Waals surface area contributed by atoms with Crippen molar-refractivity contribution in [2.75, 3.05) is 7.05 Å². The Morgan fingerprint density at radius 3 is 2.50 bits per heavy atom. The minimum absolute atomic E-state index is 0.218. The van der Waals surface area contributed by atoms with Crippen molar-refractivity contribution in [3.63, 3.8) is 0 Å². The van der Waals surface area contributed by atoms with Gasteiger partial charge in [-0.1, -0.05) is 48.5 Å². The molecule has 6 nitrogen and oxygen atoms in total. The summed E-state index contributed by atoms with van der Waals surface area (Å²) in [5, 5.41) is 3.66. The summed E-state index contributed by atoms with van der Waals surface area (Å²) in [4.78, 5) is 18.5. The number of nitrogens with zero attached hydrogens (tertiary/aromatic N) is 1. The normalized spacial score (nSPS) is 11.5. The molecule has 0 aliphatic heterocycles. The van der Waals surface area contributed by atoms with Crippen LogP contribution in [0.4, 0.5) is 0 Å². The van der Waals surface area contributed by atoms with E-state index in [1.54, 1.807) is 12.1 Å². The molecule has 0 fully saturated rings. The average Bonchev–Trinajstić information content (AvgIpc) is 3.27. The highest BCUT2D eigenvalue weighted by Gasteiger charge is 2.16. The molecule has 0 bridgehead atoms. The maximum absolute atomic E-state index is 13.0. The molecule has 0 radical (unpaired) electrons. The second-order valence-corrected chi connectivity index (χ2v) is 9.83. The van der Waals surface area contributed by atoms with Crippen LogP contribution in [-0.4, -0.2) is 26.4 Å². The largest absolute Gasteiger partial charge is 0.347 e. The number of aromatic nitrogens is 1. The van der Waals surface area contributed by atoms with Gasteiger partial charge in [-0.3, -0.25) is 4.79 Å². The van der Waals surface area contributed by atoms with E-state index in [1.807, 2.05) is 54.6 Å². The maximum Gasteiger partial charge on any atom is 0.252 e. The van der Waals surface area contributed by atoms with E-state index in [-0.39, 0.29) is 16.7 Å². The van der Waals surface area contributed by atoms with Crippen LogP contribution in [-0.2, 0) is 16.6 Å². The third-order valence-corrected chi connectivity index (χ3v) is 7.62. The molecular weight excluding hydrogens is 418 g/mol. The van der Waals surface area contributed by atoms with Gasteiger partial charge in [0.2, 0.25) is 10.0 Å². The summed E-state index contributed by atoms with van der Waals surface area (Å²) in [6, 6.07) is 22.2. The van der Waals surface area contributed by atoms with Crippen LogP contribution in [0.15, 0.2) is 77.0 Å². The number of para-hydroxylation sites is 1. The van der Waals surface area contributed by atoms with Crippen LogP contribution in [0.3, 0.4) is 0 Å². The lowest BCUT2D eigenvalue weighted by atomic mass is 10.0. The molecule has 4 rings (SSSR count). The molecule has 0 saturated carbocycles. The lowest BCUT2D eigenvalue weighted by molar-refractivity contribution is 0.0953. The monoisotopic (exact) mass is 437 g/mol. The van der Waals surface area contributed by atoms with Gasteiger partial charge in [-0.15, -0.1) is 11.3 Å². The second kappa shape index (κ2) is 8.35. The fraction of sp³-hybridized carbons (Fsp3) is 0.0909. The van der Waals surface area contributed by atoms with Crippen molar-refractivity contribution in [2.45, 2.75) is 10.8 Å². The van der Waals surface area contributed by atoms with E-state index in [9.17, 15) is 13.2 Å². The van der Waals surface area contributed by atoms with Gasteiger partial charge >= 0.3 is 0 Å². The molecule has 4 aromatic rings. The quantitative estimate of drug-likeness (QED) is 0.480. The van der Waals surface area contributed by atoms with E-state index in [2.05, 4.69) is 10.0 Å². The summed E-state index contributed by atoms with van der Waals surface area (Å²) >= 11 is 1.13. The number of hydrogen-bond acceptors (Lipinski definition) is 5. The summed E-state index contributed by atoms with van der Waals surface area (Å²) in [7, 11) is -2.12. The van der Waals surface area contributed by atoms with Crippen LogP contribution in [0.25, 0.3) is 22.2 Å². The van der Waals surface area contributed by atoms with Crippen molar-refractivity contribution in [1.82, 2.24) is 15.0 Å². The van der Waals surface area contributed by atoms with Gasteiger partial charge < -0.3 is 5.32 Å². The minimum Gasteiger partial charge on any atom is -0.347 e. The number of sulfonamides is 1. The highest BCUT2D eigenvalue weighted by atomic mass is 32.2. The molecule has 30 heavy (non-hydrogen) atoms. The highest BCUT2D eigenvalue weighted by molar-refractivity contribution is 7.91. The first-order valence-electron chi connectivity index (χ1n) is 9.23. The summed E-state index contributed by atoms with van der Waals surface area (Å²) in [5.74, 6) is -0.239. The molecule has 0 unspecified atom stereocenters. The average molecular weight is 438 g/mol. The fourth-order valence-corrected chi connectivity index (χ4v) is 5.21. The van der Waals surface area contributed by atoms with E-state index in [0.717, 1.165) is 38.4 Å². The number of fused-ring (bicyclic) bond motifs is 1. The van der Waals surface area contributed by atoms with Crippen LogP contribution >= 0.6 is 11.3 Å². The number of amides is 1. The topological polar surface area (TPSA) is 88.2 Å². The van der Waals surface area contributed by atoms with E-state index >= 15 is 0 Å². The molecular formula is C22H19N3O3S2. The SMILES string of the molecule is CNS(=O)(=O)c1ccc(CNC(=O)c2cc(-c3ccccc3)nc3ccccc23)s1. The molecule has 1 amide bonds. The molecule has 0 atom stereocenters. The van der Waals surface area contributed by atoms with Crippen LogP contribution in [0, 0.1) is 0 Å². The van der Waals surface area contributed by atoms with Crippen molar-refractivity contribution >= 4 is 38.2 Å². The number of carbonyl (C=O) groups excluding carboxylic acids is 1. The van der Waals surface area contributed by atoms with Gasteiger partial charge in [0, 0.05) is 15.8 Å². The zero-order valence-corrected chi connectivity index (χ0v) is 17.8. The fourth-order valence-electron chi connectivity index (χ4n) is 3.08. The van der Waals surface area contributed by atoms with Crippen molar-refractivity contribution < 1.29 is 13.2 Å². The molecule has 2 heterocycles. The Hall–Kier alpha value is -3.07. The van der Waals surface area contributed by atoms with Crippen molar-refractivity contribution in [1.29, 1.82) is 0 Å². The third kappa shape index (κ3) is 4.11. The smallest absolute Gasteiger partial charge is 0.252 e. The number of pyridine rings is 1. The first kappa shape index (κ1) is 20.2. The molecule has 2 aromatic heterocycles. The molecule has 2 N–H and O–H groups in total. The molecule has 0 saturated heterocycles. The zero-order chi connectivity index (χ0) is 21.1. The van der Waals surface area contributed by atoms with Crippen molar-refractivity contribution in [3.8, 4) is 11.3 Å². The zero-order valence-electron chi connectivity index (χ0n) is 16.1. The van der Waals surface area contributed by atoms with Crippen LogP contribution in [0.2, 0.25) is 0 Å². The predicted octanol–water partition coefficient (Wildman–Crippen LogP) is 3.80. The van der Waals surface area contributed by atoms with E-state index in [1.165, 1.54) is 13.1 Å². The van der Waals surface area contributed by atoms with Gasteiger partial charge in [0.1, 0.15) is 4.21 Å². The van der Waals surface area contributed by atoms with Crippen molar-refractivity contribution in [3.05, 3.63) is 83.2 Å². The first-order chi connectivity index (χ1) is 14.5. The Morgan fingerprint density at radius 2 is 1.73 bits per heavy atom. The number of thiophene rings is 1. The number of benzene rings is 2. The summed E-state index contributed by atoms with van der Waals surface area (Å²) in [6.45, 7) is 0.236. The second-order valence-electron chi connectivity index (χ2n) is 6.55. The molecule has 0 spiro atoms. The standard InChI is InChI=1S/C22H19N3O3S2/c1-23-30(27,28)21-12-11-16(29-21)14-24-22(26)18-13-20(15-7-3-2-4-8-15)25-19-10-6-5-9-17(18)19/h2-13,23H,14H2,1H3,(H,24,26). The molecule has 2 aromatic carbocycles. The Labute approximate surface area is 178 Å². The number of hydrogen-bond donors (Lipinski definition) is 2. The minimum atomic E-state index is -3.49. The summed E-state index contributed by atoms with van der Waals surface area (Å²) in [5.41, 5.74) is 2.91. The van der Waals surface area contributed by atoms with E-state index in [4.69, 9.17) is 4.98 Å². The van der Waals surface area contributed by atoms with Gasteiger partial charge in [0.05, 0.1) is 23.3 Å². The number of nitrogens with one attached hydrogen (secondary N) is 2. The van der Waals surface area contributed by atoms with Gasteiger partial charge in [0.25, 0.3) is 5.91 Å². The number of rotatable bonds is 6. The summed E-state index contributed by atoms with van der Waals surface area (Å²) < 4.78 is 26.3. The molecule has 0 aliphatic rings. The van der Waals surface area contributed by atoms with E-state index in [0.29, 0.717) is 5.56 Å². The number of carbonyl (C=O) groups is 1. The van der Waals surface area contributed by atoms with Crippen molar-refractivity contribution in [2.24, 2.45) is 0 Å². The molecule has 0 aliphatic carbocycles. The van der Waals surface area contributed by atoms with Gasteiger partial charge in [-0.2, -0.15) is 0 Å². The Bertz CT molecular complexity index is 1320. The Kier molecular flexibility index (Phi) is 5.63. The van der Waals surface area contributed by atoms with E-state index < -0.39 is 10.0 Å². The highest BCUT2D eigenvalue weighted by Crippen LogP contribution is 2.25. The lowest BCUT2D eigenvalue weighted by Gasteiger charge is -2.10. The molecule has 152 valence electrons. The predicted molar refractivity (Wildman–Crippen MR) is 119 cm³/mol. The molecule has 8 heteroatoms. The summed E-state index contributed by atoms with van der Waals surface area (Å²) in [6.07, 6.45) is 0. The Balaban J connectivity index is 1.63. The van der Waals surface area contributed by atoms with Gasteiger partial charge in [-0.25, -0.2) is 18.1 Å². The van der Waals surface area contributed by atoms with Gasteiger partial charge in [0.15, 0.2) is 0 Å². The lowest BCUT2D eigenvalue weighted by Crippen LogP contribution is -2.23. The van der Waals surface area contributed by atoms with Crippen LogP contribution in [0.5, 0.6) is 0 Å². The Morgan fingerprint density at radius 1 is 1.00 bits per heavy atom. The van der Waals surface area contributed by atoms with Gasteiger partial charge in [-0.05, 0) is 31.3 Å². The van der Waals surface area contributed by atoms with Crippen LogP contribution in [0.1, 0.15) is 15.2 Å². The van der Waals surface area contributed by atoms with Crippen LogP contribution < -0.4 is 10.0 Å².